The molecule has 2 atom stereocenters. The highest BCUT2D eigenvalue weighted by Crippen LogP contribution is 2.24. The lowest BCUT2D eigenvalue weighted by molar-refractivity contribution is -0.0364. The largest absolute Gasteiger partial charge is 0.409 e. The second-order valence-electron chi connectivity index (χ2n) is 5.58. The Labute approximate surface area is 125 Å². The first kappa shape index (κ1) is 15.8. The summed E-state index contributed by atoms with van der Waals surface area (Å²) < 4.78 is 11.4. The molecule has 5 heteroatoms. The van der Waals surface area contributed by atoms with Gasteiger partial charge in [-0.1, -0.05) is 17.3 Å². The van der Waals surface area contributed by atoms with Gasteiger partial charge in [-0.25, -0.2) is 0 Å². The first-order valence-corrected chi connectivity index (χ1v) is 7.36. The number of nitrogens with two attached hydrogens (primary N) is 1. The Kier molecular flexibility index (Phi) is 5.59. The molecule has 1 aromatic carbocycles. The van der Waals surface area contributed by atoms with Crippen LogP contribution >= 0.6 is 0 Å². The zero-order chi connectivity index (χ0) is 15.2. The Morgan fingerprint density at radius 3 is 2.81 bits per heavy atom. The standard InChI is InChI=1S/C16H24N2O3/c1-11-8-12(16(17)18-19)6-7-13(11)10-21-15-5-3-4-14(9-15)20-2/h6-8,14-15,19H,3-5,9-10H2,1-2H3,(H2,17,18). The third-order valence-corrected chi connectivity index (χ3v) is 4.13. The van der Waals surface area contributed by atoms with E-state index in [1.54, 1.807) is 7.11 Å². The molecule has 0 amide bonds. The number of hydrogen-bond donors (Lipinski definition) is 2. The van der Waals surface area contributed by atoms with Crippen LogP contribution in [0.4, 0.5) is 0 Å². The summed E-state index contributed by atoms with van der Waals surface area (Å²) in [7, 11) is 1.77. The van der Waals surface area contributed by atoms with Gasteiger partial charge in [0.05, 0.1) is 18.8 Å². The maximum Gasteiger partial charge on any atom is 0.170 e. The van der Waals surface area contributed by atoms with Gasteiger partial charge in [-0.15, -0.1) is 0 Å². The summed E-state index contributed by atoms with van der Waals surface area (Å²) in [6.07, 6.45) is 4.95. The monoisotopic (exact) mass is 292 g/mol. The number of amidine groups is 1. The van der Waals surface area contributed by atoms with Crippen LogP contribution in [0.2, 0.25) is 0 Å². The number of hydrogen-bond acceptors (Lipinski definition) is 4. The van der Waals surface area contributed by atoms with Gasteiger partial charge >= 0.3 is 0 Å². The van der Waals surface area contributed by atoms with Crippen LogP contribution in [-0.4, -0.2) is 30.4 Å². The summed E-state index contributed by atoms with van der Waals surface area (Å²) in [5.41, 5.74) is 8.52. The highest BCUT2D eigenvalue weighted by molar-refractivity contribution is 5.97. The van der Waals surface area contributed by atoms with Gasteiger partial charge in [0.2, 0.25) is 0 Å². The number of benzene rings is 1. The van der Waals surface area contributed by atoms with Gasteiger partial charge in [0.25, 0.3) is 0 Å². The quantitative estimate of drug-likeness (QED) is 0.378. The molecule has 21 heavy (non-hydrogen) atoms. The lowest BCUT2D eigenvalue weighted by Gasteiger charge is -2.28. The smallest absolute Gasteiger partial charge is 0.170 e. The fraction of sp³-hybridized carbons (Fsp3) is 0.562. The highest BCUT2D eigenvalue weighted by Gasteiger charge is 2.22. The number of oxime groups is 1. The summed E-state index contributed by atoms with van der Waals surface area (Å²) in [4.78, 5) is 0. The Morgan fingerprint density at radius 2 is 2.14 bits per heavy atom. The third-order valence-electron chi connectivity index (χ3n) is 4.13. The molecule has 0 saturated heterocycles. The molecule has 1 aromatic rings. The van der Waals surface area contributed by atoms with Crippen molar-refractivity contribution >= 4 is 5.84 Å². The molecule has 0 aromatic heterocycles. The molecule has 0 aliphatic heterocycles. The van der Waals surface area contributed by atoms with E-state index in [-0.39, 0.29) is 11.9 Å². The Balaban J connectivity index is 1.94. The zero-order valence-corrected chi connectivity index (χ0v) is 12.7. The average Bonchev–Trinajstić information content (AvgIpc) is 2.53. The predicted octanol–water partition coefficient (Wildman–Crippen LogP) is 2.56. The van der Waals surface area contributed by atoms with Gasteiger partial charge in [-0.2, -0.15) is 0 Å². The minimum absolute atomic E-state index is 0.126. The molecular weight excluding hydrogens is 268 g/mol. The SMILES string of the molecule is COC1CCCC(OCc2ccc(/C(N)=N/O)cc2C)C1. The van der Waals surface area contributed by atoms with E-state index in [0.717, 1.165) is 42.4 Å². The van der Waals surface area contributed by atoms with Crippen LogP contribution in [-0.2, 0) is 16.1 Å². The van der Waals surface area contributed by atoms with Crippen molar-refractivity contribution in [3.8, 4) is 0 Å². The highest BCUT2D eigenvalue weighted by atomic mass is 16.5. The third kappa shape index (κ3) is 4.19. The molecule has 2 unspecified atom stereocenters. The molecule has 0 spiro atoms. The first-order valence-electron chi connectivity index (χ1n) is 7.36. The van der Waals surface area contributed by atoms with Crippen molar-refractivity contribution < 1.29 is 14.7 Å². The van der Waals surface area contributed by atoms with Crippen LogP contribution in [0.3, 0.4) is 0 Å². The van der Waals surface area contributed by atoms with Crippen molar-refractivity contribution in [2.75, 3.05) is 7.11 Å². The number of rotatable bonds is 5. The molecule has 5 nitrogen and oxygen atoms in total. The van der Waals surface area contributed by atoms with Gasteiger partial charge in [0.1, 0.15) is 0 Å². The Morgan fingerprint density at radius 1 is 1.38 bits per heavy atom. The predicted molar refractivity (Wildman–Crippen MR) is 81.5 cm³/mol. The lowest BCUT2D eigenvalue weighted by Crippen LogP contribution is -2.27. The van der Waals surface area contributed by atoms with E-state index in [2.05, 4.69) is 5.16 Å². The first-order chi connectivity index (χ1) is 10.1. The maximum absolute atomic E-state index is 8.70. The maximum atomic E-state index is 8.70. The summed E-state index contributed by atoms with van der Waals surface area (Å²) in [6, 6.07) is 5.73. The van der Waals surface area contributed by atoms with Crippen molar-refractivity contribution in [1.29, 1.82) is 0 Å². The van der Waals surface area contributed by atoms with Gasteiger partial charge < -0.3 is 20.4 Å². The van der Waals surface area contributed by atoms with Crippen LogP contribution in [0.25, 0.3) is 0 Å². The molecule has 116 valence electrons. The topological polar surface area (TPSA) is 77.1 Å². The van der Waals surface area contributed by atoms with Crippen molar-refractivity contribution in [1.82, 2.24) is 0 Å². The fourth-order valence-corrected chi connectivity index (χ4v) is 2.75. The number of nitrogens with zero attached hydrogens (tertiary/aromatic N) is 1. The van der Waals surface area contributed by atoms with E-state index in [9.17, 15) is 0 Å². The van der Waals surface area contributed by atoms with Crippen LogP contribution < -0.4 is 5.73 Å². The summed E-state index contributed by atoms with van der Waals surface area (Å²) >= 11 is 0. The van der Waals surface area contributed by atoms with E-state index in [4.69, 9.17) is 20.4 Å². The zero-order valence-electron chi connectivity index (χ0n) is 12.7. The van der Waals surface area contributed by atoms with Gasteiger partial charge in [0.15, 0.2) is 5.84 Å². The summed E-state index contributed by atoms with van der Waals surface area (Å²) in [5, 5.41) is 11.7. The molecule has 1 aliphatic rings. The van der Waals surface area contributed by atoms with Crippen LogP contribution in [0.15, 0.2) is 23.4 Å². The summed E-state index contributed by atoms with van der Waals surface area (Å²) in [5.74, 6) is 0.126. The molecule has 0 heterocycles. The van der Waals surface area contributed by atoms with Crippen molar-refractivity contribution in [3.05, 3.63) is 34.9 Å². The second kappa shape index (κ2) is 7.43. The normalized spacial score (nSPS) is 23.2. The van der Waals surface area contributed by atoms with Gasteiger partial charge in [-0.3, -0.25) is 0 Å². The van der Waals surface area contributed by atoms with E-state index < -0.39 is 0 Å². The molecule has 1 fully saturated rings. The molecule has 1 saturated carbocycles. The second-order valence-corrected chi connectivity index (χ2v) is 5.58. The van der Waals surface area contributed by atoms with Gasteiger partial charge in [0, 0.05) is 12.7 Å². The fourth-order valence-electron chi connectivity index (χ4n) is 2.75. The van der Waals surface area contributed by atoms with Crippen molar-refractivity contribution in [2.45, 2.75) is 51.4 Å². The lowest BCUT2D eigenvalue weighted by atomic mass is 9.95. The summed E-state index contributed by atoms with van der Waals surface area (Å²) in [6.45, 7) is 2.59. The molecule has 0 radical (unpaired) electrons. The Hall–Kier alpha value is -1.59. The van der Waals surface area contributed by atoms with E-state index in [1.165, 1.54) is 0 Å². The van der Waals surface area contributed by atoms with E-state index in [1.807, 2.05) is 25.1 Å². The van der Waals surface area contributed by atoms with Gasteiger partial charge in [-0.05, 0) is 49.8 Å². The minimum atomic E-state index is 0.126. The van der Waals surface area contributed by atoms with Crippen LogP contribution in [0.5, 0.6) is 0 Å². The van der Waals surface area contributed by atoms with E-state index >= 15 is 0 Å². The number of methoxy groups -OCH3 is 1. The molecule has 1 aliphatic carbocycles. The van der Waals surface area contributed by atoms with Crippen LogP contribution in [0, 0.1) is 6.92 Å². The van der Waals surface area contributed by atoms with E-state index in [0.29, 0.717) is 12.7 Å². The molecular formula is C16H24N2O3. The average molecular weight is 292 g/mol. The molecule has 3 N–H and O–H groups in total. The number of aryl methyl sites for hydroxylation is 1. The molecule has 0 bridgehead atoms. The van der Waals surface area contributed by atoms with Crippen LogP contribution in [0.1, 0.15) is 42.4 Å². The van der Waals surface area contributed by atoms with Crippen molar-refractivity contribution in [3.63, 3.8) is 0 Å². The minimum Gasteiger partial charge on any atom is -0.409 e. The molecule has 2 rings (SSSR count). The number of ether oxygens (including phenoxy) is 2. The van der Waals surface area contributed by atoms with Crippen molar-refractivity contribution in [2.24, 2.45) is 10.9 Å². The Bertz CT molecular complexity index is 502.